The van der Waals surface area contributed by atoms with Crippen molar-refractivity contribution >= 4 is 27.8 Å². The van der Waals surface area contributed by atoms with Gasteiger partial charge >= 0.3 is 5.97 Å². The Morgan fingerprint density at radius 3 is 2.48 bits per heavy atom. The van der Waals surface area contributed by atoms with Crippen LogP contribution in [-0.2, 0) is 16.1 Å². The molecule has 0 fully saturated rings. The van der Waals surface area contributed by atoms with Crippen molar-refractivity contribution in [2.45, 2.75) is 39.3 Å². The molecule has 7 heteroatoms. The number of carbonyl (C=O) groups is 2. The normalized spacial score (nSPS) is 11.2. The molecule has 0 unspecified atom stereocenters. The summed E-state index contributed by atoms with van der Waals surface area (Å²) in [6.07, 6.45) is 1.41. The smallest absolute Gasteiger partial charge is 0.305 e. The van der Waals surface area contributed by atoms with Crippen LogP contribution in [0.1, 0.15) is 27.2 Å². The van der Waals surface area contributed by atoms with Crippen molar-refractivity contribution in [3.8, 4) is 0 Å². The maximum absolute atomic E-state index is 12.4. The Balaban J connectivity index is 2.93. The van der Waals surface area contributed by atoms with Crippen LogP contribution < -0.4 is 5.56 Å². The summed E-state index contributed by atoms with van der Waals surface area (Å²) in [5.41, 5.74) is -0.791. The van der Waals surface area contributed by atoms with E-state index in [2.05, 4.69) is 15.9 Å². The molecule has 1 aromatic rings. The number of hydrogen-bond donors (Lipinski definition) is 1. The third kappa shape index (κ3) is 5.34. The standard InChI is InChI=1S/C14H19BrN2O4/c1-14(2,3)17(7-6-13(20)21)12(19)9-16-8-10(15)4-5-11(16)18/h4-5,8H,6-7,9H2,1-3H3,(H,20,21). The van der Waals surface area contributed by atoms with Crippen LogP contribution in [0.3, 0.4) is 0 Å². The summed E-state index contributed by atoms with van der Waals surface area (Å²) in [7, 11) is 0. The topological polar surface area (TPSA) is 79.6 Å². The zero-order chi connectivity index (χ0) is 16.2. The summed E-state index contributed by atoms with van der Waals surface area (Å²) in [6, 6.07) is 2.98. The molecule has 0 atom stereocenters. The molecule has 0 aliphatic carbocycles. The minimum Gasteiger partial charge on any atom is -0.481 e. The summed E-state index contributed by atoms with van der Waals surface area (Å²) in [4.78, 5) is 36.3. The fraction of sp³-hybridized carbons (Fsp3) is 0.500. The van der Waals surface area contributed by atoms with E-state index in [0.717, 1.165) is 0 Å². The number of pyridine rings is 1. The van der Waals surface area contributed by atoms with E-state index in [1.165, 1.54) is 21.7 Å². The number of carbonyl (C=O) groups excluding carboxylic acids is 1. The molecule has 1 aromatic heterocycles. The van der Waals surface area contributed by atoms with Crippen LogP contribution in [0.15, 0.2) is 27.6 Å². The van der Waals surface area contributed by atoms with Crippen molar-refractivity contribution in [1.29, 1.82) is 0 Å². The highest BCUT2D eigenvalue weighted by atomic mass is 79.9. The van der Waals surface area contributed by atoms with E-state index in [0.29, 0.717) is 4.47 Å². The average Bonchev–Trinajstić information content (AvgIpc) is 2.32. The Labute approximate surface area is 131 Å². The second-order valence-corrected chi connectivity index (χ2v) is 6.59. The minimum atomic E-state index is -0.961. The van der Waals surface area contributed by atoms with Crippen LogP contribution in [0.5, 0.6) is 0 Å². The summed E-state index contributed by atoms with van der Waals surface area (Å²) < 4.78 is 1.99. The molecule has 1 amide bonds. The molecular weight excluding hydrogens is 340 g/mol. The Kier molecular flexibility index (Phi) is 5.71. The van der Waals surface area contributed by atoms with E-state index >= 15 is 0 Å². The zero-order valence-corrected chi connectivity index (χ0v) is 13.9. The Morgan fingerprint density at radius 2 is 1.95 bits per heavy atom. The molecule has 21 heavy (non-hydrogen) atoms. The predicted molar refractivity (Wildman–Crippen MR) is 82.1 cm³/mol. The maximum atomic E-state index is 12.4. The minimum absolute atomic E-state index is 0.112. The van der Waals surface area contributed by atoms with Gasteiger partial charge in [0.1, 0.15) is 6.54 Å². The first-order valence-corrected chi connectivity index (χ1v) is 7.29. The fourth-order valence-electron chi connectivity index (χ4n) is 1.90. The Bertz CT molecular complexity index is 589. The van der Waals surface area contributed by atoms with E-state index in [4.69, 9.17) is 5.11 Å². The largest absolute Gasteiger partial charge is 0.481 e. The lowest BCUT2D eigenvalue weighted by molar-refractivity contribution is -0.140. The van der Waals surface area contributed by atoms with Gasteiger partial charge in [0, 0.05) is 28.8 Å². The predicted octanol–water partition coefficient (Wildman–Crippen LogP) is 1.71. The Hall–Kier alpha value is -1.63. The number of amides is 1. The molecule has 0 aliphatic heterocycles. The first-order chi connectivity index (χ1) is 9.61. The lowest BCUT2D eigenvalue weighted by Crippen LogP contribution is -2.48. The van der Waals surface area contributed by atoms with Gasteiger partial charge in [-0.2, -0.15) is 0 Å². The van der Waals surface area contributed by atoms with E-state index in [9.17, 15) is 14.4 Å². The molecule has 0 bridgehead atoms. The summed E-state index contributed by atoms with van der Waals surface area (Å²) in [5, 5.41) is 8.78. The third-order valence-electron chi connectivity index (χ3n) is 2.91. The second kappa shape index (κ2) is 6.89. The highest BCUT2D eigenvalue weighted by molar-refractivity contribution is 9.10. The van der Waals surface area contributed by atoms with Gasteiger partial charge in [-0.15, -0.1) is 0 Å². The molecule has 1 rings (SSSR count). The van der Waals surface area contributed by atoms with Crippen LogP contribution in [0, 0.1) is 0 Å². The molecule has 1 heterocycles. The first-order valence-electron chi connectivity index (χ1n) is 6.49. The summed E-state index contributed by atoms with van der Waals surface area (Å²) >= 11 is 3.25. The number of rotatable bonds is 5. The number of nitrogens with zero attached hydrogens (tertiary/aromatic N) is 2. The molecule has 0 saturated carbocycles. The number of aliphatic carboxylic acids is 1. The number of carboxylic acid groups (broad SMARTS) is 1. The van der Waals surface area contributed by atoms with Gasteiger partial charge in [0.05, 0.1) is 6.42 Å². The van der Waals surface area contributed by atoms with Crippen molar-refractivity contribution < 1.29 is 14.7 Å². The SMILES string of the molecule is CC(C)(C)N(CCC(=O)O)C(=O)Cn1cc(Br)ccc1=O. The van der Waals surface area contributed by atoms with Crippen LogP contribution in [0.25, 0.3) is 0 Å². The first kappa shape index (κ1) is 17.4. The van der Waals surface area contributed by atoms with Gasteiger partial charge < -0.3 is 14.6 Å². The number of aromatic nitrogens is 1. The van der Waals surface area contributed by atoms with Crippen molar-refractivity contribution in [2.24, 2.45) is 0 Å². The second-order valence-electron chi connectivity index (χ2n) is 5.67. The van der Waals surface area contributed by atoms with Gasteiger partial charge in [0.25, 0.3) is 5.56 Å². The van der Waals surface area contributed by atoms with Crippen molar-refractivity contribution in [2.75, 3.05) is 6.54 Å². The number of halogens is 1. The van der Waals surface area contributed by atoms with E-state index in [1.54, 1.807) is 6.07 Å². The van der Waals surface area contributed by atoms with Gasteiger partial charge in [0.2, 0.25) is 5.91 Å². The Morgan fingerprint density at radius 1 is 1.33 bits per heavy atom. The van der Waals surface area contributed by atoms with Gasteiger partial charge in [-0.25, -0.2) is 0 Å². The van der Waals surface area contributed by atoms with Gasteiger partial charge in [-0.1, -0.05) is 0 Å². The zero-order valence-electron chi connectivity index (χ0n) is 12.3. The van der Waals surface area contributed by atoms with E-state index in [-0.39, 0.29) is 31.0 Å². The molecular formula is C14H19BrN2O4. The molecule has 0 saturated heterocycles. The molecule has 0 radical (unpaired) electrons. The van der Waals surface area contributed by atoms with E-state index < -0.39 is 11.5 Å². The molecule has 116 valence electrons. The van der Waals surface area contributed by atoms with Crippen molar-refractivity contribution in [3.05, 3.63) is 33.2 Å². The average molecular weight is 359 g/mol. The number of hydrogen-bond acceptors (Lipinski definition) is 3. The molecule has 0 aliphatic rings. The van der Waals surface area contributed by atoms with Crippen molar-refractivity contribution in [3.63, 3.8) is 0 Å². The van der Waals surface area contributed by atoms with E-state index in [1.807, 2.05) is 20.8 Å². The summed E-state index contributed by atoms with van der Waals surface area (Å²) in [6.45, 7) is 5.49. The number of carboxylic acids is 1. The molecule has 6 nitrogen and oxygen atoms in total. The fourth-order valence-corrected chi connectivity index (χ4v) is 2.28. The monoisotopic (exact) mass is 358 g/mol. The van der Waals surface area contributed by atoms with Crippen molar-refractivity contribution in [1.82, 2.24) is 9.47 Å². The lowest BCUT2D eigenvalue weighted by Gasteiger charge is -2.35. The van der Waals surface area contributed by atoms with Crippen LogP contribution in [0.4, 0.5) is 0 Å². The van der Waals surface area contributed by atoms with Crippen LogP contribution >= 0.6 is 15.9 Å². The lowest BCUT2D eigenvalue weighted by atomic mass is 10.1. The highest BCUT2D eigenvalue weighted by Crippen LogP contribution is 2.15. The van der Waals surface area contributed by atoms with Crippen LogP contribution in [-0.4, -0.2) is 38.5 Å². The quantitative estimate of drug-likeness (QED) is 0.868. The third-order valence-corrected chi connectivity index (χ3v) is 3.38. The van der Waals surface area contributed by atoms with Gasteiger partial charge in [-0.05, 0) is 42.8 Å². The van der Waals surface area contributed by atoms with Gasteiger partial charge in [0.15, 0.2) is 0 Å². The maximum Gasteiger partial charge on any atom is 0.305 e. The van der Waals surface area contributed by atoms with Gasteiger partial charge in [-0.3, -0.25) is 14.4 Å². The highest BCUT2D eigenvalue weighted by Gasteiger charge is 2.26. The molecule has 1 N–H and O–H groups in total. The molecule has 0 aromatic carbocycles. The van der Waals surface area contributed by atoms with Crippen LogP contribution in [0.2, 0.25) is 0 Å². The molecule has 0 spiro atoms. The summed E-state index contributed by atoms with van der Waals surface area (Å²) in [5.74, 6) is -1.25.